The number of rotatable bonds is 14. The molecule has 0 aliphatic rings. The SMILES string of the molecule is CCCCCCC[CH2][Zn][CH2]CCCCCCC.O=S(=O)(O)O. The first-order chi connectivity index (χ1) is 10.4. The second-order valence-electron chi connectivity index (χ2n) is 6.04. The van der Waals surface area contributed by atoms with Crippen LogP contribution in [0.5, 0.6) is 0 Å². The Morgan fingerprint density at radius 3 is 1.23 bits per heavy atom. The molecule has 0 unspecified atom stereocenters. The zero-order chi connectivity index (χ0) is 17.1. The van der Waals surface area contributed by atoms with Crippen LogP contribution in [-0.2, 0) is 27.5 Å². The second kappa shape index (κ2) is 19.5. The maximum Gasteiger partial charge on any atom is 0.394 e. The smallest absolute Gasteiger partial charge is 0.264 e. The van der Waals surface area contributed by atoms with E-state index < -0.39 is 10.4 Å². The molecule has 0 amide bonds. The van der Waals surface area contributed by atoms with Gasteiger partial charge in [0, 0.05) is 0 Å². The molecule has 0 fully saturated rings. The molecule has 2 N–H and O–H groups in total. The van der Waals surface area contributed by atoms with E-state index in [2.05, 4.69) is 13.8 Å². The number of hydrogen-bond donors (Lipinski definition) is 2. The van der Waals surface area contributed by atoms with Crippen molar-refractivity contribution < 1.29 is 34.6 Å². The summed E-state index contributed by atoms with van der Waals surface area (Å²) in [5.74, 6) is 0. The summed E-state index contributed by atoms with van der Waals surface area (Å²) in [4.78, 5) is 0. The van der Waals surface area contributed by atoms with Crippen molar-refractivity contribution in [3.63, 3.8) is 0 Å². The van der Waals surface area contributed by atoms with Crippen molar-refractivity contribution >= 4 is 10.4 Å². The van der Waals surface area contributed by atoms with E-state index in [1.165, 1.54) is 64.2 Å². The molecule has 22 heavy (non-hydrogen) atoms. The van der Waals surface area contributed by atoms with Crippen LogP contribution in [-0.4, -0.2) is 17.5 Å². The molecule has 4 nitrogen and oxygen atoms in total. The van der Waals surface area contributed by atoms with E-state index in [1.807, 2.05) is 0 Å². The summed E-state index contributed by atoms with van der Waals surface area (Å²) in [6.45, 7) is 4.60. The van der Waals surface area contributed by atoms with Crippen molar-refractivity contribution in [1.82, 2.24) is 0 Å². The molecule has 0 saturated carbocycles. The van der Waals surface area contributed by atoms with Crippen molar-refractivity contribution in [1.29, 1.82) is 0 Å². The van der Waals surface area contributed by atoms with E-state index in [1.54, 1.807) is 22.9 Å². The van der Waals surface area contributed by atoms with Gasteiger partial charge in [0.2, 0.25) is 0 Å². The fraction of sp³-hybridized carbons (Fsp3) is 1.00. The summed E-state index contributed by atoms with van der Waals surface area (Å²) in [5, 5.41) is 3.35. The topological polar surface area (TPSA) is 74.6 Å². The van der Waals surface area contributed by atoms with Crippen molar-refractivity contribution in [2.24, 2.45) is 0 Å². The van der Waals surface area contributed by atoms with Crippen LogP contribution in [0.15, 0.2) is 0 Å². The summed E-state index contributed by atoms with van der Waals surface area (Å²) >= 11 is -0.0720. The van der Waals surface area contributed by atoms with Gasteiger partial charge in [-0.3, -0.25) is 9.11 Å². The summed E-state index contributed by atoms with van der Waals surface area (Å²) in [5.41, 5.74) is 0. The Bertz CT molecular complexity index is 273. The monoisotopic (exact) mass is 388 g/mol. The Labute approximate surface area is 146 Å². The quantitative estimate of drug-likeness (QED) is 0.218. The molecular formula is C16H36O4SZn. The molecule has 0 aromatic carbocycles. The number of unbranched alkanes of at least 4 members (excludes halogenated alkanes) is 10. The van der Waals surface area contributed by atoms with Crippen LogP contribution in [0.2, 0.25) is 10.0 Å². The van der Waals surface area contributed by atoms with E-state index in [0.29, 0.717) is 0 Å². The molecule has 0 radical (unpaired) electrons. The predicted molar refractivity (Wildman–Crippen MR) is 90.5 cm³/mol. The van der Waals surface area contributed by atoms with Crippen LogP contribution < -0.4 is 0 Å². The first kappa shape index (κ1) is 24.7. The van der Waals surface area contributed by atoms with Crippen LogP contribution in [0.3, 0.4) is 0 Å². The van der Waals surface area contributed by atoms with Gasteiger partial charge >= 0.3 is 128 Å². The molecule has 0 aromatic rings. The van der Waals surface area contributed by atoms with E-state index in [-0.39, 0.29) is 17.1 Å². The summed E-state index contributed by atoms with van der Waals surface area (Å²) in [6.07, 6.45) is 17.9. The molecule has 0 rings (SSSR count). The molecule has 0 atom stereocenters. The van der Waals surface area contributed by atoms with Gasteiger partial charge in [0.15, 0.2) is 0 Å². The van der Waals surface area contributed by atoms with Crippen LogP contribution in [0, 0.1) is 0 Å². The maximum atomic E-state index is 8.74. The molecule has 0 aliphatic heterocycles. The van der Waals surface area contributed by atoms with Gasteiger partial charge in [-0.1, -0.05) is 0 Å². The Hall–Kier alpha value is 0.493. The Balaban J connectivity index is 0. The largest absolute Gasteiger partial charge is 0.394 e. The van der Waals surface area contributed by atoms with Gasteiger partial charge in [0.25, 0.3) is 0 Å². The third kappa shape index (κ3) is 37.1. The van der Waals surface area contributed by atoms with Gasteiger partial charge in [-0.05, 0) is 0 Å². The normalized spacial score (nSPS) is 10.7. The third-order valence-corrected chi connectivity index (χ3v) is 7.90. The molecule has 132 valence electrons. The van der Waals surface area contributed by atoms with Gasteiger partial charge in [0.05, 0.1) is 0 Å². The maximum absolute atomic E-state index is 8.74. The second-order valence-corrected chi connectivity index (χ2v) is 11.4. The molecule has 0 heterocycles. The van der Waals surface area contributed by atoms with Crippen LogP contribution in [0.25, 0.3) is 0 Å². The van der Waals surface area contributed by atoms with Crippen LogP contribution in [0.4, 0.5) is 0 Å². The Morgan fingerprint density at radius 1 is 0.636 bits per heavy atom. The van der Waals surface area contributed by atoms with E-state index in [0.717, 1.165) is 0 Å². The van der Waals surface area contributed by atoms with E-state index in [9.17, 15) is 0 Å². The number of hydrogen-bond acceptors (Lipinski definition) is 2. The Morgan fingerprint density at radius 2 is 0.909 bits per heavy atom. The average molecular weight is 390 g/mol. The molecule has 0 spiro atoms. The molecule has 0 bridgehead atoms. The van der Waals surface area contributed by atoms with Crippen LogP contribution in [0.1, 0.15) is 90.9 Å². The molecule has 6 heteroatoms. The Kier molecular flexibility index (Phi) is 22.0. The van der Waals surface area contributed by atoms with Crippen LogP contribution >= 0.6 is 0 Å². The fourth-order valence-corrected chi connectivity index (χ4v) is 6.15. The van der Waals surface area contributed by atoms with Crippen molar-refractivity contribution in [2.45, 2.75) is 101 Å². The van der Waals surface area contributed by atoms with Gasteiger partial charge < -0.3 is 0 Å². The van der Waals surface area contributed by atoms with Gasteiger partial charge in [0.1, 0.15) is 0 Å². The fourth-order valence-electron chi connectivity index (χ4n) is 2.44. The first-order valence-electron chi connectivity index (χ1n) is 9.11. The minimum absolute atomic E-state index is 0.0720. The van der Waals surface area contributed by atoms with Gasteiger partial charge in [-0.15, -0.1) is 0 Å². The summed E-state index contributed by atoms with van der Waals surface area (Å²) in [7, 11) is -4.67. The molecule has 0 aliphatic carbocycles. The zero-order valence-electron chi connectivity index (χ0n) is 14.7. The molecular weight excluding hydrogens is 354 g/mol. The predicted octanol–water partition coefficient (Wildman–Crippen LogP) is 5.97. The van der Waals surface area contributed by atoms with Gasteiger partial charge in [-0.2, -0.15) is 8.42 Å². The molecule has 0 saturated heterocycles. The van der Waals surface area contributed by atoms with E-state index in [4.69, 9.17) is 17.5 Å². The van der Waals surface area contributed by atoms with Crippen molar-refractivity contribution in [3.05, 3.63) is 0 Å². The van der Waals surface area contributed by atoms with Crippen molar-refractivity contribution in [2.75, 3.05) is 0 Å². The average Bonchev–Trinajstić information content (AvgIpc) is 2.42. The third-order valence-electron chi connectivity index (χ3n) is 3.71. The summed E-state index contributed by atoms with van der Waals surface area (Å²) in [6, 6.07) is 0. The standard InChI is InChI=1S/2C8H17.H2O4S.Zn/c2*1-3-5-7-8-6-4-2;1-5(2,3)4;/h2*1,3-8H2,2H3;(H2,1,2,3,4);. The minimum Gasteiger partial charge on any atom is -0.264 e. The minimum atomic E-state index is -4.67. The molecule has 0 aromatic heterocycles. The first-order valence-corrected chi connectivity index (χ1v) is 14.7. The zero-order valence-corrected chi connectivity index (χ0v) is 18.5. The van der Waals surface area contributed by atoms with E-state index >= 15 is 0 Å². The van der Waals surface area contributed by atoms with Gasteiger partial charge in [-0.25, -0.2) is 0 Å². The van der Waals surface area contributed by atoms with Crippen molar-refractivity contribution in [3.8, 4) is 0 Å². The summed E-state index contributed by atoms with van der Waals surface area (Å²) < 4.78 is 31.6.